The summed E-state index contributed by atoms with van der Waals surface area (Å²) in [5.41, 5.74) is 0.963. The van der Waals surface area contributed by atoms with E-state index in [0.717, 1.165) is 29.9 Å². The summed E-state index contributed by atoms with van der Waals surface area (Å²) in [6.07, 6.45) is 1.11. The monoisotopic (exact) mass is 295 g/mol. The molecule has 1 aromatic carbocycles. The molecule has 0 bridgehead atoms. The molecule has 0 aliphatic rings. The van der Waals surface area contributed by atoms with Gasteiger partial charge in [-0.05, 0) is 30.7 Å². The predicted octanol–water partition coefficient (Wildman–Crippen LogP) is 3.39. The molecule has 0 aliphatic carbocycles. The van der Waals surface area contributed by atoms with Gasteiger partial charge in [0, 0.05) is 18.6 Å². The molecule has 1 heterocycles. The molecule has 0 aliphatic heterocycles. The third-order valence-electron chi connectivity index (χ3n) is 3.11. The fourth-order valence-corrected chi connectivity index (χ4v) is 2.08. The maximum atomic E-state index is 12.5. The summed E-state index contributed by atoms with van der Waals surface area (Å²) >= 11 is 0. The molecule has 1 aromatic heterocycles. The third-order valence-corrected chi connectivity index (χ3v) is 3.11. The minimum atomic E-state index is -4.30. The second kappa shape index (κ2) is 6.67. The van der Waals surface area contributed by atoms with Gasteiger partial charge in [-0.25, -0.2) is 0 Å². The van der Waals surface area contributed by atoms with Crippen LogP contribution in [0.1, 0.15) is 29.8 Å². The molecule has 1 atom stereocenters. The molecule has 0 amide bonds. The van der Waals surface area contributed by atoms with Crippen molar-refractivity contribution in [3.63, 3.8) is 0 Å². The van der Waals surface area contributed by atoms with Gasteiger partial charge in [0.05, 0.1) is 17.3 Å². The molecule has 2 aromatic rings. The van der Waals surface area contributed by atoms with E-state index in [0.29, 0.717) is 6.42 Å². The van der Waals surface area contributed by atoms with Crippen LogP contribution in [0.4, 0.5) is 13.2 Å². The van der Waals surface area contributed by atoms with Gasteiger partial charge in [-0.1, -0.05) is 19.1 Å². The van der Waals surface area contributed by atoms with Gasteiger partial charge in [0.2, 0.25) is 0 Å². The maximum Gasteiger partial charge on any atom is 0.416 e. The Morgan fingerprint density at radius 1 is 1.14 bits per heavy atom. The van der Waals surface area contributed by atoms with Gasteiger partial charge in [-0.15, -0.1) is 0 Å². The van der Waals surface area contributed by atoms with Gasteiger partial charge in [-0.3, -0.25) is 9.97 Å². The topological polar surface area (TPSA) is 37.8 Å². The Morgan fingerprint density at radius 2 is 1.86 bits per heavy atom. The van der Waals surface area contributed by atoms with Crippen LogP contribution < -0.4 is 5.32 Å². The van der Waals surface area contributed by atoms with Crippen molar-refractivity contribution in [3.8, 4) is 0 Å². The molecule has 0 radical (unpaired) electrons. The van der Waals surface area contributed by atoms with Gasteiger partial charge in [0.15, 0.2) is 0 Å². The number of alkyl halides is 3. The van der Waals surface area contributed by atoms with Gasteiger partial charge < -0.3 is 5.32 Å². The second-order valence-electron chi connectivity index (χ2n) is 4.64. The van der Waals surface area contributed by atoms with E-state index in [-0.39, 0.29) is 6.04 Å². The Kier molecular flexibility index (Phi) is 4.90. The van der Waals surface area contributed by atoms with Crippen molar-refractivity contribution in [2.24, 2.45) is 0 Å². The van der Waals surface area contributed by atoms with E-state index in [1.54, 1.807) is 18.6 Å². The minimum Gasteiger partial charge on any atom is -0.309 e. The molecule has 3 nitrogen and oxygen atoms in total. The largest absolute Gasteiger partial charge is 0.416 e. The van der Waals surface area contributed by atoms with Crippen molar-refractivity contribution in [1.29, 1.82) is 0 Å². The SMILES string of the molecule is CCNC(Cc1ccc(C(F)(F)F)cc1)c1cnccn1. The number of likely N-dealkylation sites (N-methyl/N-ethyl adjacent to an activating group) is 1. The molecule has 2 rings (SSSR count). The fraction of sp³-hybridized carbons (Fsp3) is 0.333. The molecule has 1 N–H and O–H groups in total. The smallest absolute Gasteiger partial charge is 0.309 e. The number of nitrogens with zero attached hydrogens (tertiary/aromatic N) is 2. The van der Waals surface area contributed by atoms with Crippen molar-refractivity contribution in [1.82, 2.24) is 15.3 Å². The zero-order valence-electron chi connectivity index (χ0n) is 11.6. The van der Waals surface area contributed by atoms with E-state index in [4.69, 9.17) is 0 Å². The molecule has 1 unspecified atom stereocenters. The Labute approximate surface area is 121 Å². The van der Waals surface area contributed by atoms with Crippen LogP contribution in [0.3, 0.4) is 0 Å². The van der Waals surface area contributed by atoms with Crippen molar-refractivity contribution in [2.75, 3.05) is 6.54 Å². The highest BCUT2D eigenvalue weighted by Gasteiger charge is 2.30. The quantitative estimate of drug-likeness (QED) is 0.919. The van der Waals surface area contributed by atoms with Gasteiger partial charge in [-0.2, -0.15) is 13.2 Å². The summed E-state index contributed by atoms with van der Waals surface area (Å²) in [7, 11) is 0. The van der Waals surface area contributed by atoms with Crippen molar-refractivity contribution in [3.05, 3.63) is 59.7 Å². The van der Waals surface area contributed by atoms with Gasteiger partial charge >= 0.3 is 6.18 Å². The van der Waals surface area contributed by atoms with E-state index in [1.807, 2.05) is 6.92 Å². The summed E-state index contributed by atoms with van der Waals surface area (Å²) in [6, 6.07) is 5.15. The van der Waals surface area contributed by atoms with Gasteiger partial charge in [0.1, 0.15) is 0 Å². The molecule has 0 saturated carbocycles. The van der Waals surface area contributed by atoms with E-state index in [1.165, 1.54) is 12.1 Å². The van der Waals surface area contributed by atoms with Crippen LogP contribution in [0.25, 0.3) is 0 Å². The highest BCUT2D eigenvalue weighted by atomic mass is 19.4. The second-order valence-corrected chi connectivity index (χ2v) is 4.64. The first-order chi connectivity index (χ1) is 10.0. The summed E-state index contributed by atoms with van der Waals surface area (Å²) in [4.78, 5) is 8.27. The van der Waals surface area contributed by atoms with Crippen LogP contribution in [0.2, 0.25) is 0 Å². The van der Waals surface area contributed by atoms with Crippen molar-refractivity contribution < 1.29 is 13.2 Å². The van der Waals surface area contributed by atoms with Crippen molar-refractivity contribution >= 4 is 0 Å². The summed E-state index contributed by atoms with van der Waals surface area (Å²) in [6.45, 7) is 2.71. The zero-order valence-corrected chi connectivity index (χ0v) is 11.6. The Hall–Kier alpha value is -1.95. The Bertz CT molecular complexity index is 553. The minimum absolute atomic E-state index is 0.0690. The molecular formula is C15H16F3N3. The molecule has 21 heavy (non-hydrogen) atoms. The van der Waals surface area contributed by atoms with Crippen LogP contribution >= 0.6 is 0 Å². The number of nitrogens with one attached hydrogen (secondary N) is 1. The van der Waals surface area contributed by atoms with Crippen LogP contribution in [0.15, 0.2) is 42.9 Å². The average Bonchev–Trinajstić information content (AvgIpc) is 2.47. The fourth-order valence-electron chi connectivity index (χ4n) is 2.08. The number of halogens is 3. The molecular weight excluding hydrogens is 279 g/mol. The number of benzene rings is 1. The van der Waals surface area contributed by atoms with Crippen molar-refractivity contribution in [2.45, 2.75) is 25.6 Å². The standard InChI is InChI=1S/C15H16F3N3/c1-2-20-13(14-10-19-7-8-21-14)9-11-3-5-12(6-4-11)15(16,17)18/h3-8,10,13,20H,2,9H2,1H3. The first-order valence-corrected chi connectivity index (χ1v) is 6.66. The average molecular weight is 295 g/mol. The maximum absolute atomic E-state index is 12.5. The summed E-state index contributed by atoms with van der Waals surface area (Å²) in [5, 5.41) is 3.27. The zero-order chi connectivity index (χ0) is 15.3. The number of hydrogen-bond acceptors (Lipinski definition) is 3. The van der Waals surface area contributed by atoms with Crippen LogP contribution in [0, 0.1) is 0 Å². The summed E-state index contributed by atoms with van der Waals surface area (Å²) < 4.78 is 37.6. The molecule has 0 saturated heterocycles. The summed E-state index contributed by atoms with van der Waals surface area (Å²) in [5.74, 6) is 0. The van der Waals surface area contributed by atoms with E-state index in [9.17, 15) is 13.2 Å². The lowest BCUT2D eigenvalue weighted by molar-refractivity contribution is -0.137. The Balaban J connectivity index is 2.14. The third kappa shape index (κ3) is 4.26. The number of rotatable bonds is 5. The highest BCUT2D eigenvalue weighted by molar-refractivity contribution is 5.26. The molecule has 0 fully saturated rings. The Morgan fingerprint density at radius 3 is 2.38 bits per heavy atom. The van der Waals surface area contributed by atoms with Crippen LogP contribution in [-0.2, 0) is 12.6 Å². The van der Waals surface area contributed by atoms with E-state index >= 15 is 0 Å². The van der Waals surface area contributed by atoms with E-state index in [2.05, 4.69) is 15.3 Å². The molecule has 112 valence electrons. The number of aromatic nitrogens is 2. The lowest BCUT2D eigenvalue weighted by atomic mass is 10.0. The predicted molar refractivity (Wildman–Crippen MR) is 73.6 cm³/mol. The lowest BCUT2D eigenvalue weighted by Crippen LogP contribution is -2.24. The van der Waals surface area contributed by atoms with E-state index < -0.39 is 11.7 Å². The van der Waals surface area contributed by atoms with Crippen LogP contribution in [-0.4, -0.2) is 16.5 Å². The van der Waals surface area contributed by atoms with Gasteiger partial charge in [0.25, 0.3) is 0 Å². The molecule has 0 spiro atoms. The number of hydrogen-bond donors (Lipinski definition) is 1. The first kappa shape index (κ1) is 15.4. The lowest BCUT2D eigenvalue weighted by Gasteiger charge is -2.17. The van der Waals surface area contributed by atoms with Crippen LogP contribution in [0.5, 0.6) is 0 Å². The normalized spacial score (nSPS) is 13.1. The first-order valence-electron chi connectivity index (χ1n) is 6.66. The highest BCUT2D eigenvalue weighted by Crippen LogP contribution is 2.29. The molecule has 6 heteroatoms.